The summed E-state index contributed by atoms with van der Waals surface area (Å²) in [6, 6.07) is 3.93. The number of fused-ring (bicyclic) bond motifs is 3. The van der Waals surface area contributed by atoms with E-state index >= 15 is 0 Å². The van der Waals surface area contributed by atoms with Crippen LogP contribution in [0.25, 0.3) is 10.2 Å². The van der Waals surface area contributed by atoms with Gasteiger partial charge >= 0.3 is 0 Å². The summed E-state index contributed by atoms with van der Waals surface area (Å²) in [5.74, 6) is 0. The minimum absolute atomic E-state index is 0.0175. The van der Waals surface area contributed by atoms with Gasteiger partial charge in [-0.05, 0) is 30.0 Å². The molecule has 1 aliphatic rings. The van der Waals surface area contributed by atoms with Crippen LogP contribution in [0.2, 0.25) is 0 Å². The maximum absolute atomic E-state index is 11.3. The van der Waals surface area contributed by atoms with E-state index in [1.807, 2.05) is 12.1 Å². The molecule has 0 bridgehead atoms. The highest BCUT2D eigenvalue weighted by molar-refractivity contribution is 7.91. The van der Waals surface area contributed by atoms with E-state index in [0.29, 0.717) is 13.2 Å². The van der Waals surface area contributed by atoms with Gasteiger partial charge in [-0.3, -0.25) is 0 Å². The number of hydrogen-bond donors (Lipinski definition) is 1. The highest BCUT2D eigenvalue weighted by Gasteiger charge is 2.19. The molecule has 96 valence electrons. The van der Waals surface area contributed by atoms with Crippen molar-refractivity contribution in [1.29, 1.82) is 0 Å². The van der Waals surface area contributed by atoms with Crippen LogP contribution in [0.5, 0.6) is 0 Å². The minimum atomic E-state index is -3.72. The topological polar surface area (TPSA) is 82.3 Å². The van der Waals surface area contributed by atoms with E-state index in [4.69, 9.17) is 9.88 Å². The largest absolute Gasteiger partial charge is 0.381 e. The number of ether oxygens (including phenoxy) is 1. The van der Waals surface area contributed by atoms with Crippen LogP contribution >= 0.6 is 11.3 Å². The summed E-state index contributed by atoms with van der Waals surface area (Å²) < 4.78 is 29.0. The number of nitrogens with zero attached hydrogens (tertiary/aromatic N) is 1. The van der Waals surface area contributed by atoms with Crippen LogP contribution in [0, 0.1) is 0 Å². The highest BCUT2D eigenvalue weighted by Crippen LogP contribution is 2.30. The molecule has 2 heterocycles. The lowest BCUT2D eigenvalue weighted by molar-refractivity contribution is 0.146. The average molecular weight is 284 g/mol. The van der Waals surface area contributed by atoms with Crippen LogP contribution in [0.3, 0.4) is 0 Å². The Morgan fingerprint density at radius 1 is 1.28 bits per heavy atom. The van der Waals surface area contributed by atoms with Crippen molar-refractivity contribution in [2.24, 2.45) is 5.14 Å². The molecule has 0 atom stereocenters. The molecule has 0 fully saturated rings. The predicted octanol–water partition coefficient (Wildman–Crippen LogP) is 1.06. The summed E-state index contributed by atoms with van der Waals surface area (Å²) in [7, 11) is -3.72. The van der Waals surface area contributed by atoms with Gasteiger partial charge in [0.15, 0.2) is 0 Å². The quantitative estimate of drug-likeness (QED) is 0.849. The molecular formula is C11H12N2O3S2. The fourth-order valence-corrected chi connectivity index (χ4v) is 3.84. The van der Waals surface area contributed by atoms with Gasteiger partial charge in [-0.25, -0.2) is 18.5 Å². The van der Waals surface area contributed by atoms with E-state index in [9.17, 15) is 8.42 Å². The fourth-order valence-electron chi connectivity index (χ4n) is 2.16. The Morgan fingerprint density at radius 3 is 2.83 bits per heavy atom. The van der Waals surface area contributed by atoms with Gasteiger partial charge in [0.05, 0.1) is 23.4 Å². The summed E-state index contributed by atoms with van der Waals surface area (Å²) in [6.45, 7) is 1.35. The van der Waals surface area contributed by atoms with Crippen molar-refractivity contribution >= 4 is 31.6 Å². The van der Waals surface area contributed by atoms with Gasteiger partial charge in [-0.15, -0.1) is 11.3 Å². The van der Waals surface area contributed by atoms with Gasteiger partial charge in [-0.1, -0.05) is 6.07 Å². The van der Waals surface area contributed by atoms with Gasteiger partial charge < -0.3 is 4.74 Å². The number of thiazole rings is 1. The second kappa shape index (κ2) is 4.27. The molecule has 0 unspecified atom stereocenters. The molecule has 2 aromatic rings. The Bertz CT molecular complexity index is 706. The molecule has 3 rings (SSSR count). The zero-order valence-corrected chi connectivity index (χ0v) is 11.2. The van der Waals surface area contributed by atoms with Gasteiger partial charge in [-0.2, -0.15) is 0 Å². The lowest BCUT2D eigenvalue weighted by Gasteiger charge is -2.04. The number of benzene rings is 1. The summed E-state index contributed by atoms with van der Waals surface area (Å²) in [6.07, 6.45) is 1.61. The Balaban J connectivity index is 2.25. The Labute approximate surface area is 109 Å². The molecule has 5 nitrogen and oxygen atoms in total. The van der Waals surface area contributed by atoms with Gasteiger partial charge in [0.2, 0.25) is 4.34 Å². The molecule has 1 aromatic carbocycles. The molecule has 0 aliphatic carbocycles. The first kappa shape index (κ1) is 12.0. The number of sulfonamides is 1. The van der Waals surface area contributed by atoms with Crippen LogP contribution < -0.4 is 5.14 Å². The SMILES string of the molecule is NS(=O)(=O)c1nc2c3c(ccc2s1)CCOCC3. The van der Waals surface area contributed by atoms with Crippen molar-refractivity contribution in [3.63, 3.8) is 0 Å². The van der Waals surface area contributed by atoms with E-state index in [2.05, 4.69) is 4.98 Å². The number of rotatable bonds is 1. The summed E-state index contributed by atoms with van der Waals surface area (Å²) >= 11 is 1.12. The van der Waals surface area contributed by atoms with Crippen LogP contribution in [0.15, 0.2) is 16.5 Å². The number of primary sulfonamides is 1. The molecule has 0 saturated carbocycles. The van der Waals surface area contributed by atoms with E-state index in [1.54, 1.807) is 0 Å². The predicted molar refractivity (Wildman–Crippen MR) is 69.2 cm³/mol. The maximum Gasteiger partial charge on any atom is 0.265 e. The minimum Gasteiger partial charge on any atom is -0.381 e. The third-order valence-corrected chi connectivity index (χ3v) is 5.34. The van der Waals surface area contributed by atoms with E-state index in [-0.39, 0.29) is 4.34 Å². The van der Waals surface area contributed by atoms with Crippen molar-refractivity contribution in [3.05, 3.63) is 23.3 Å². The Hall–Kier alpha value is -1.02. The molecular weight excluding hydrogens is 272 g/mol. The molecule has 18 heavy (non-hydrogen) atoms. The molecule has 0 saturated heterocycles. The average Bonchev–Trinajstić information content (AvgIpc) is 2.61. The van der Waals surface area contributed by atoms with Crippen LogP contribution in [0.1, 0.15) is 11.1 Å². The van der Waals surface area contributed by atoms with E-state index in [1.165, 1.54) is 5.56 Å². The lowest BCUT2D eigenvalue weighted by atomic mass is 10.0. The summed E-state index contributed by atoms with van der Waals surface area (Å²) in [5, 5.41) is 5.12. The molecule has 2 N–H and O–H groups in total. The van der Waals surface area contributed by atoms with Crippen molar-refractivity contribution < 1.29 is 13.2 Å². The molecule has 1 aromatic heterocycles. The lowest BCUT2D eigenvalue weighted by Crippen LogP contribution is -2.11. The molecule has 1 aliphatic heterocycles. The van der Waals surface area contributed by atoms with Crippen molar-refractivity contribution in [3.8, 4) is 0 Å². The monoisotopic (exact) mass is 284 g/mol. The van der Waals surface area contributed by atoms with Crippen LogP contribution in [-0.4, -0.2) is 26.6 Å². The molecule has 7 heteroatoms. The highest BCUT2D eigenvalue weighted by atomic mass is 32.2. The molecule has 0 spiro atoms. The van der Waals surface area contributed by atoms with Crippen molar-refractivity contribution in [1.82, 2.24) is 4.98 Å². The van der Waals surface area contributed by atoms with Crippen molar-refractivity contribution in [2.75, 3.05) is 13.2 Å². The maximum atomic E-state index is 11.3. The first-order valence-corrected chi connectivity index (χ1v) is 7.94. The Morgan fingerprint density at radius 2 is 2.06 bits per heavy atom. The number of hydrogen-bond acceptors (Lipinski definition) is 5. The van der Waals surface area contributed by atoms with E-state index in [0.717, 1.165) is 40.0 Å². The van der Waals surface area contributed by atoms with Crippen molar-refractivity contribution in [2.45, 2.75) is 17.2 Å². The first-order valence-electron chi connectivity index (χ1n) is 5.57. The first-order chi connectivity index (χ1) is 8.55. The second-order valence-corrected chi connectivity index (χ2v) is 6.95. The smallest absolute Gasteiger partial charge is 0.265 e. The number of aromatic nitrogens is 1. The number of nitrogens with two attached hydrogens (primary N) is 1. The standard InChI is InChI=1S/C11H12N2O3S2/c12-18(14,15)11-13-10-8-4-6-16-5-3-7(8)1-2-9(10)17-11/h1-2H,3-6H2,(H2,12,14,15). The van der Waals surface area contributed by atoms with Crippen LogP contribution in [0.4, 0.5) is 0 Å². The van der Waals surface area contributed by atoms with E-state index < -0.39 is 10.0 Å². The van der Waals surface area contributed by atoms with Gasteiger partial charge in [0, 0.05) is 0 Å². The summed E-state index contributed by atoms with van der Waals surface area (Å²) in [4.78, 5) is 4.19. The zero-order valence-electron chi connectivity index (χ0n) is 9.55. The molecule has 0 amide bonds. The van der Waals surface area contributed by atoms with Gasteiger partial charge in [0.25, 0.3) is 10.0 Å². The molecule has 0 radical (unpaired) electrons. The third kappa shape index (κ3) is 2.03. The fraction of sp³-hybridized carbons (Fsp3) is 0.364. The summed E-state index contributed by atoms with van der Waals surface area (Å²) in [5.41, 5.74) is 3.04. The second-order valence-electron chi connectivity index (χ2n) is 4.19. The third-order valence-electron chi connectivity index (χ3n) is 3.00. The zero-order chi connectivity index (χ0) is 12.8. The normalized spacial score (nSPS) is 16.5. The Kier molecular flexibility index (Phi) is 2.86. The van der Waals surface area contributed by atoms with Gasteiger partial charge in [0.1, 0.15) is 0 Å². The van der Waals surface area contributed by atoms with Crippen LogP contribution in [-0.2, 0) is 27.6 Å².